The Labute approximate surface area is 81.1 Å². The molecule has 0 aromatic carbocycles. The van der Waals surface area contributed by atoms with Gasteiger partial charge < -0.3 is 21.3 Å². The maximum absolute atomic E-state index is 11.4. The molecular formula is C8H14N2O4. The maximum Gasteiger partial charge on any atom is 0.334 e. The number of carboxylic acids is 1. The number of carbonyl (C=O) groups is 2. The fraction of sp³-hybridized carbons (Fsp3) is 0.750. The largest absolute Gasteiger partial charge is 0.479 e. The summed E-state index contributed by atoms with van der Waals surface area (Å²) in [6.07, 6.45) is -0.0793. The Morgan fingerprint density at radius 1 is 1.50 bits per heavy atom. The van der Waals surface area contributed by atoms with Gasteiger partial charge in [-0.05, 0) is 12.8 Å². The van der Waals surface area contributed by atoms with Crippen molar-refractivity contribution in [1.29, 1.82) is 0 Å². The molecule has 0 bridgehead atoms. The lowest BCUT2D eigenvalue weighted by molar-refractivity contribution is -0.146. The van der Waals surface area contributed by atoms with Crippen LogP contribution in [0.5, 0.6) is 0 Å². The van der Waals surface area contributed by atoms with Gasteiger partial charge in [0, 0.05) is 6.54 Å². The van der Waals surface area contributed by atoms with Crippen molar-refractivity contribution >= 4 is 11.9 Å². The van der Waals surface area contributed by atoms with E-state index >= 15 is 0 Å². The number of carboxylic acid groups (broad SMARTS) is 1. The van der Waals surface area contributed by atoms with Gasteiger partial charge in [0.1, 0.15) is 0 Å². The van der Waals surface area contributed by atoms with Crippen LogP contribution in [-0.4, -0.2) is 41.3 Å². The number of hydrogen-bond donors (Lipinski definition) is 4. The predicted molar refractivity (Wildman–Crippen MR) is 47.4 cm³/mol. The predicted octanol–water partition coefficient (Wildman–Crippen LogP) is -1.71. The summed E-state index contributed by atoms with van der Waals surface area (Å²) in [5.74, 6) is -1.61. The molecule has 6 nitrogen and oxygen atoms in total. The van der Waals surface area contributed by atoms with E-state index in [2.05, 4.69) is 5.32 Å². The van der Waals surface area contributed by atoms with Crippen LogP contribution in [0.3, 0.4) is 0 Å². The van der Waals surface area contributed by atoms with Crippen molar-refractivity contribution in [1.82, 2.24) is 5.32 Å². The lowest BCUT2D eigenvalue weighted by Gasteiger charge is -2.13. The Kier molecular flexibility index (Phi) is 3.07. The molecule has 1 saturated carbocycles. The monoisotopic (exact) mass is 202 g/mol. The summed E-state index contributed by atoms with van der Waals surface area (Å²) in [5.41, 5.74) is 4.89. The normalized spacial score (nSPS) is 19.9. The van der Waals surface area contributed by atoms with Crippen molar-refractivity contribution in [2.75, 3.05) is 13.1 Å². The molecule has 1 fully saturated rings. The van der Waals surface area contributed by atoms with E-state index in [4.69, 9.17) is 15.9 Å². The molecular weight excluding hydrogens is 188 g/mol. The number of amides is 1. The summed E-state index contributed by atoms with van der Waals surface area (Å²) in [5, 5.41) is 19.6. The first-order valence-corrected chi connectivity index (χ1v) is 4.41. The zero-order valence-electron chi connectivity index (χ0n) is 7.69. The standard InChI is InChI=1S/C8H14N2O4/c9-4-8(1-2-8)7(14)10-3-5(11)6(12)13/h5,11H,1-4,9H2,(H,10,14)(H,12,13). The smallest absolute Gasteiger partial charge is 0.334 e. The Morgan fingerprint density at radius 2 is 2.07 bits per heavy atom. The molecule has 1 unspecified atom stereocenters. The number of rotatable bonds is 5. The van der Waals surface area contributed by atoms with Crippen molar-refractivity contribution in [3.05, 3.63) is 0 Å². The number of carbonyl (C=O) groups excluding carboxylic acids is 1. The number of nitrogens with two attached hydrogens (primary N) is 1. The van der Waals surface area contributed by atoms with E-state index < -0.39 is 17.5 Å². The number of aliphatic carboxylic acids is 1. The van der Waals surface area contributed by atoms with Gasteiger partial charge in [-0.1, -0.05) is 0 Å². The van der Waals surface area contributed by atoms with Crippen LogP contribution in [0.15, 0.2) is 0 Å². The van der Waals surface area contributed by atoms with Crippen LogP contribution in [0.25, 0.3) is 0 Å². The second-order valence-electron chi connectivity index (χ2n) is 3.55. The maximum atomic E-state index is 11.4. The summed E-state index contributed by atoms with van der Waals surface area (Å²) >= 11 is 0. The van der Waals surface area contributed by atoms with E-state index in [0.29, 0.717) is 0 Å². The summed E-state index contributed by atoms with van der Waals surface area (Å²) in [6.45, 7) is -0.00207. The SMILES string of the molecule is NCC1(C(=O)NCC(O)C(=O)O)CC1. The molecule has 0 saturated heterocycles. The molecule has 1 aliphatic carbocycles. The van der Waals surface area contributed by atoms with Gasteiger partial charge in [0.05, 0.1) is 12.0 Å². The second-order valence-corrected chi connectivity index (χ2v) is 3.55. The minimum Gasteiger partial charge on any atom is -0.479 e. The third kappa shape index (κ3) is 2.21. The summed E-state index contributed by atoms with van der Waals surface area (Å²) in [7, 11) is 0. The molecule has 0 aromatic heterocycles. The minimum atomic E-state index is -1.55. The molecule has 0 heterocycles. The Balaban J connectivity index is 2.32. The lowest BCUT2D eigenvalue weighted by Crippen LogP contribution is -2.42. The zero-order valence-corrected chi connectivity index (χ0v) is 7.69. The Bertz CT molecular complexity index is 250. The molecule has 80 valence electrons. The molecule has 6 heteroatoms. The summed E-state index contributed by atoms with van der Waals surface area (Å²) in [6, 6.07) is 0. The third-order valence-corrected chi connectivity index (χ3v) is 2.47. The van der Waals surface area contributed by atoms with Gasteiger partial charge >= 0.3 is 5.97 Å². The van der Waals surface area contributed by atoms with E-state index in [1.54, 1.807) is 0 Å². The molecule has 0 aliphatic heterocycles. The van der Waals surface area contributed by atoms with E-state index in [-0.39, 0.29) is 19.0 Å². The molecule has 1 aliphatic rings. The van der Waals surface area contributed by atoms with Gasteiger partial charge in [-0.25, -0.2) is 4.79 Å². The fourth-order valence-corrected chi connectivity index (χ4v) is 1.14. The molecule has 0 aromatic rings. The molecule has 1 atom stereocenters. The third-order valence-electron chi connectivity index (χ3n) is 2.47. The van der Waals surface area contributed by atoms with Gasteiger partial charge in [0.2, 0.25) is 5.91 Å². The molecule has 0 radical (unpaired) electrons. The van der Waals surface area contributed by atoms with Crippen LogP contribution >= 0.6 is 0 Å². The molecule has 1 amide bonds. The quantitative estimate of drug-likeness (QED) is 0.424. The lowest BCUT2D eigenvalue weighted by atomic mass is 10.1. The highest BCUT2D eigenvalue weighted by atomic mass is 16.4. The van der Waals surface area contributed by atoms with Gasteiger partial charge in [0.15, 0.2) is 6.10 Å². The van der Waals surface area contributed by atoms with Crippen LogP contribution in [0.1, 0.15) is 12.8 Å². The van der Waals surface area contributed by atoms with E-state index in [1.165, 1.54) is 0 Å². The number of aliphatic hydroxyl groups excluding tert-OH is 1. The van der Waals surface area contributed by atoms with Crippen LogP contribution in [0.2, 0.25) is 0 Å². The van der Waals surface area contributed by atoms with Gasteiger partial charge in [-0.3, -0.25) is 4.79 Å². The molecule has 0 spiro atoms. The Morgan fingerprint density at radius 3 is 2.43 bits per heavy atom. The number of hydrogen-bond acceptors (Lipinski definition) is 4. The number of aliphatic hydroxyl groups is 1. The van der Waals surface area contributed by atoms with Crippen molar-refractivity contribution in [2.24, 2.45) is 11.1 Å². The molecule has 14 heavy (non-hydrogen) atoms. The van der Waals surface area contributed by atoms with E-state index in [9.17, 15) is 9.59 Å². The highest BCUT2D eigenvalue weighted by Gasteiger charge is 2.48. The molecule has 1 rings (SSSR count). The van der Waals surface area contributed by atoms with Crippen LogP contribution < -0.4 is 11.1 Å². The van der Waals surface area contributed by atoms with E-state index in [1.807, 2.05) is 0 Å². The first kappa shape index (κ1) is 10.9. The highest BCUT2D eigenvalue weighted by Crippen LogP contribution is 2.44. The van der Waals surface area contributed by atoms with E-state index in [0.717, 1.165) is 12.8 Å². The van der Waals surface area contributed by atoms with Crippen LogP contribution in [-0.2, 0) is 9.59 Å². The highest BCUT2D eigenvalue weighted by molar-refractivity contribution is 5.86. The summed E-state index contributed by atoms with van der Waals surface area (Å²) in [4.78, 5) is 21.6. The number of nitrogens with one attached hydrogen (secondary N) is 1. The fourth-order valence-electron chi connectivity index (χ4n) is 1.14. The van der Waals surface area contributed by atoms with Gasteiger partial charge in [-0.2, -0.15) is 0 Å². The van der Waals surface area contributed by atoms with Crippen LogP contribution in [0.4, 0.5) is 0 Å². The second kappa shape index (κ2) is 3.93. The van der Waals surface area contributed by atoms with Gasteiger partial charge in [0.25, 0.3) is 0 Å². The summed E-state index contributed by atoms with van der Waals surface area (Å²) < 4.78 is 0. The van der Waals surface area contributed by atoms with Crippen molar-refractivity contribution in [3.63, 3.8) is 0 Å². The topological polar surface area (TPSA) is 113 Å². The minimum absolute atomic E-state index is 0.264. The first-order valence-electron chi connectivity index (χ1n) is 4.41. The van der Waals surface area contributed by atoms with Crippen LogP contribution in [0, 0.1) is 5.41 Å². The zero-order chi connectivity index (χ0) is 10.8. The van der Waals surface area contributed by atoms with Crippen molar-refractivity contribution in [2.45, 2.75) is 18.9 Å². The molecule has 5 N–H and O–H groups in total. The van der Waals surface area contributed by atoms with Crippen molar-refractivity contribution < 1.29 is 19.8 Å². The van der Waals surface area contributed by atoms with Crippen molar-refractivity contribution in [3.8, 4) is 0 Å². The average molecular weight is 202 g/mol. The van der Waals surface area contributed by atoms with Gasteiger partial charge in [-0.15, -0.1) is 0 Å². The first-order chi connectivity index (χ1) is 6.52. The average Bonchev–Trinajstić information content (AvgIpc) is 2.93. The Hall–Kier alpha value is -1.14.